The van der Waals surface area contributed by atoms with Crippen molar-refractivity contribution in [2.75, 3.05) is 24.7 Å². The molecule has 0 bridgehead atoms. The number of hydrogen-bond acceptors (Lipinski definition) is 5. The molecule has 1 saturated heterocycles. The molecule has 5 rings (SSSR count). The maximum Gasteiger partial charge on any atom is 0.407 e. The van der Waals surface area contributed by atoms with Crippen LogP contribution >= 0.6 is 11.8 Å². The van der Waals surface area contributed by atoms with E-state index in [-0.39, 0.29) is 36.8 Å². The molecule has 0 aromatic heterocycles. The van der Waals surface area contributed by atoms with Crippen LogP contribution in [-0.2, 0) is 14.3 Å². The first-order valence-corrected chi connectivity index (χ1v) is 13.4. The highest BCUT2D eigenvalue weighted by Crippen LogP contribution is 2.44. The SMILES string of the molecule is O=C(O)CC1CSCCN1C(=O)C(NC(=O)OCC1c2ccccc2-c2ccccc21)C1CCC1. The van der Waals surface area contributed by atoms with Crippen LogP contribution in [0.2, 0.25) is 0 Å². The highest BCUT2D eigenvalue weighted by molar-refractivity contribution is 7.99. The highest BCUT2D eigenvalue weighted by atomic mass is 32.2. The van der Waals surface area contributed by atoms with E-state index in [1.807, 2.05) is 24.3 Å². The number of carbonyl (C=O) groups excluding carboxylic acids is 2. The molecule has 2 N–H and O–H groups in total. The predicted molar refractivity (Wildman–Crippen MR) is 134 cm³/mol. The number of amides is 2. The number of carboxylic acid groups (broad SMARTS) is 1. The Morgan fingerprint density at radius 3 is 2.31 bits per heavy atom. The maximum atomic E-state index is 13.5. The van der Waals surface area contributed by atoms with Crippen molar-refractivity contribution < 1.29 is 24.2 Å². The van der Waals surface area contributed by atoms with Gasteiger partial charge in [-0.25, -0.2) is 4.79 Å². The van der Waals surface area contributed by atoms with Crippen LogP contribution in [0, 0.1) is 5.92 Å². The molecule has 1 heterocycles. The van der Waals surface area contributed by atoms with Crippen molar-refractivity contribution in [3.8, 4) is 11.1 Å². The third-order valence-electron chi connectivity index (χ3n) is 7.43. The van der Waals surface area contributed by atoms with Crippen LogP contribution < -0.4 is 5.32 Å². The zero-order valence-electron chi connectivity index (χ0n) is 19.5. The smallest absolute Gasteiger partial charge is 0.407 e. The number of nitrogens with zero attached hydrogens (tertiary/aromatic N) is 1. The average molecular weight is 495 g/mol. The molecule has 2 aliphatic carbocycles. The summed E-state index contributed by atoms with van der Waals surface area (Å²) in [5, 5.41) is 12.1. The molecule has 2 atom stereocenters. The molecule has 2 unspecified atom stereocenters. The molecule has 0 radical (unpaired) electrons. The van der Waals surface area contributed by atoms with Gasteiger partial charge >= 0.3 is 12.1 Å². The van der Waals surface area contributed by atoms with Gasteiger partial charge in [-0.15, -0.1) is 0 Å². The first-order chi connectivity index (χ1) is 17.0. The molecule has 2 aromatic rings. The van der Waals surface area contributed by atoms with Crippen LogP contribution in [0.25, 0.3) is 11.1 Å². The molecule has 184 valence electrons. The highest BCUT2D eigenvalue weighted by Gasteiger charge is 2.40. The van der Waals surface area contributed by atoms with Crippen LogP contribution in [0.4, 0.5) is 4.79 Å². The number of nitrogens with one attached hydrogen (secondary N) is 1. The summed E-state index contributed by atoms with van der Waals surface area (Å²) in [4.78, 5) is 39.4. The second-order valence-corrected chi connectivity index (χ2v) is 10.6. The van der Waals surface area contributed by atoms with Gasteiger partial charge in [0.15, 0.2) is 0 Å². The number of benzene rings is 2. The zero-order chi connectivity index (χ0) is 24.4. The Bertz CT molecular complexity index is 1070. The average Bonchev–Trinajstić information content (AvgIpc) is 3.14. The standard InChI is InChI=1S/C27H30N2O5S/c30-24(31)14-18-16-35-13-12-29(18)26(32)25(17-6-5-7-17)28-27(33)34-15-23-21-10-3-1-8-19(21)20-9-2-4-11-22(20)23/h1-4,8-11,17-18,23,25H,5-7,12-16H2,(H,28,33)(H,30,31). The topological polar surface area (TPSA) is 95.9 Å². The van der Waals surface area contributed by atoms with E-state index in [9.17, 15) is 19.5 Å². The van der Waals surface area contributed by atoms with Crippen molar-refractivity contribution >= 4 is 29.7 Å². The van der Waals surface area contributed by atoms with Crippen molar-refractivity contribution in [2.24, 2.45) is 5.92 Å². The molecule has 8 heteroatoms. The number of thioether (sulfide) groups is 1. The molecule has 0 spiro atoms. The molecule has 7 nitrogen and oxygen atoms in total. The number of fused-ring (bicyclic) bond motifs is 3. The molecule has 1 saturated carbocycles. The van der Waals surface area contributed by atoms with Gasteiger partial charge in [0, 0.05) is 24.0 Å². The van der Waals surface area contributed by atoms with Crippen molar-refractivity contribution in [1.82, 2.24) is 10.2 Å². The van der Waals surface area contributed by atoms with E-state index in [2.05, 4.69) is 29.6 Å². The van der Waals surface area contributed by atoms with Crippen LogP contribution in [0.5, 0.6) is 0 Å². The lowest BCUT2D eigenvalue weighted by Gasteiger charge is -2.40. The fourth-order valence-electron chi connectivity index (χ4n) is 5.42. The van der Waals surface area contributed by atoms with Gasteiger partial charge < -0.3 is 20.1 Å². The number of aliphatic carboxylic acids is 1. The lowest BCUT2D eigenvalue weighted by atomic mass is 9.79. The van der Waals surface area contributed by atoms with E-state index in [1.165, 1.54) is 0 Å². The number of carbonyl (C=O) groups is 3. The van der Waals surface area contributed by atoms with Crippen LogP contribution in [0.3, 0.4) is 0 Å². The van der Waals surface area contributed by atoms with Crippen molar-refractivity contribution in [3.05, 3.63) is 59.7 Å². The summed E-state index contributed by atoms with van der Waals surface area (Å²) in [5.74, 6) is 0.271. The quantitative estimate of drug-likeness (QED) is 0.601. The summed E-state index contributed by atoms with van der Waals surface area (Å²) in [6, 6.07) is 15.3. The van der Waals surface area contributed by atoms with Gasteiger partial charge in [-0.1, -0.05) is 55.0 Å². The molecule has 2 amide bonds. The van der Waals surface area contributed by atoms with Gasteiger partial charge in [-0.3, -0.25) is 9.59 Å². The van der Waals surface area contributed by atoms with Crippen molar-refractivity contribution in [2.45, 2.75) is 43.7 Å². The fraction of sp³-hybridized carbons (Fsp3) is 0.444. The van der Waals surface area contributed by atoms with E-state index in [4.69, 9.17) is 4.74 Å². The third kappa shape index (κ3) is 4.89. The van der Waals surface area contributed by atoms with Gasteiger partial charge in [0.2, 0.25) is 5.91 Å². The fourth-order valence-corrected chi connectivity index (χ4v) is 6.48. The molecule has 2 aromatic carbocycles. The molecule has 35 heavy (non-hydrogen) atoms. The minimum Gasteiger partial charge on any atom is -0.481 e. The summed E-state index contributed by atoms with van der Waals surface area (Å²) in [6.45, 7) is 0.685. The Balaban J connectivity index is 1.27. The Morgan fingerprint density at radius 1 is 1.06 bits per heavy atom. The van der Waals surface area contributed by atoms with E-state index in [1.54, 1.807) is 16.7 Å². The largest absolute Gasteiger partial charge is 0.481 e. The van der Waals surface area contributed by atoms with Crippen molar-refractivity contribution in [1.29, 1.82) is 0 Å². The van der Waals surface area contributed by atoms with E-state index in [0.29, 0.717) is 12.3 Å². The lowest BCUT2D eigenvalue weighted by Crippen LogP contribution is -2.58. The third-order valence-corrected chi connectivity index (χ3v) is 8.52. The Morgan fingerprint density at radius 2 is 1.71 bits per heavy atom. The van der Waals surface area contributed by atoms with Gasteiger partial charge in [-0.05, 0) is 41.0 Å². The molecule has 3 aliphatic rings. The Kier molecular flexibility index (Phi) is 7.00. The number of alkyl carbamates (subject to hydrolysis) is 1. The first-order valence-electron chi connectivity index (χ1n) is 12.2. The molecular weight excluding hydrogens is 464 g/mol. The Hall–Kier alpha value is -3.00. The van der Waals surface area contributed by atoms with E-state index >= 15 is 0 Å². The molecule has 1 aliphatic heterocycles. The minimum absolute atomic E-state index is 0.0509. The second-order valence-electron chi connectivity index (χ2n) is 9.50. The zero-order valence-corrected chi connectivity index (χ0v) is 20.3. The Labute approximate surface area is 209 Å². The van der Waals surface area contributed by atoms with Gasteiger partial charge in [0.1, 0.15) is 12.6 Å². The summed E-state index contributed by atoms with van der Waals surface area (Å²) in [7, 11) is 0. The van der Waals surface area contributed by atoms with Crippen LogP contribution in [0.15, 0.2) is 48.5 Å². The number of rotatable bonds is 7. The lowest BCUT2D eigenvalue weighted by molar-refractivity contribution is -0.142. The normalized spacial score (nSPS) is 20.3. The monoisotopic (exact) mass is 494 g/mol. The van der Waals surface area contributed by atoms with Crippen LogP contribution in [0.1, 0.15) is 42.7 Å². The van der Waals surface area contributed by atoms with Gasteiger partial charge in [0.25, 0.3) is 0 Å². The van der Waals surface area contributed by atoms with E-state index in [0.717, 1.165) is 47.3 Å². The predicted octanol–water partition coefficient (Wildman–Crippen LogP) is 4.11. The van der Waals surface area contributed by atoms with Gasteiger partial charge in [0.05, 0.1) is 12.5 Å². The minimum atomic E-state index is -0.917. The summed E-state index contributed by atoms with van der Waals surface area (Å²) >= 11 is 1.66. The van der Waals surface area contributed by atoms with E-state index < -0.39 is 18.1 Å². The first kappa shape index (κ1) is 23.7. The number of hydrogen-bond donors (Lipinski definition) is 2. The number of carboxylic acids is 1. The second kappa shape index (κ2) is 10.3. The maximum absolute atomic E-state index is 13.5. The summed E-state index contributed by atoms with van der Waals surface area (Å²) in [6.07, 6.45) is 2.08. The number of ether oxygens (including phenoxy) is 1. The van der Waals surface area contributed by atoms with Crippen molar-refractivity contribution in [3.63, 3.8) is 0 Å². The summed E-state index contributed by atoms with van der Waals surface area (Å²) < 4.78 is 5.70. The van der Waals surface area contributed by atoms with Gasteiger partial charge in [-0.2, -0.15) is 11.8 Å². The summed E-state index contributed by atoms with van der Waals surface area (Å²) in [5.41, 5.74) is 4.59. The molecular formula is C27H30N2O5S. The molecule has 2 fully saturated rings. The van der Waals surface area contributed by atoms with Crippen LogP contribution in [-0.4, -0.2) is 64.7 Å².